The molecule has 0 fully saturated rings. The van der Waals surface area contributed by atoms with Gasteiger partial charge in [0.05, 0.1) is 38.7 Å². The summed E-state index contributed by atoms with van der Waals surface area (Å²) in [6.07, 6.45) is 3.58. The fourth-order valence-corrected chi connectivity index (χ4v) is 3.01. The predicted molar refractivity (Wildman–Crippen MR) is 108 cm³/mol. The van der Waals surface area contributed by atoms with Crippen LogP contribution in [0.15, 0.2) is 61.1 Å². The normalized spacial score (nSPS) is 10.7. The molecule has 0 bridgehead atoms. The first-order valence-electron chi connectivity index (χ1n) is 8.69. The van der Waals surface area contributed by atoms with Gasteiger partial charge in [-0.15, -0.1) is 0 Å². The van der Waals surface area contributed by atoms with Crippen LogP contribution in [0.4, 0.5) is 11.6 Å². The Morgan fingerprint density at radius 2 is 1.61 bits per heavy atom. The van der Waals surface area contributed by atoms with Gasteiger partial charge >= 0.3 is 0 Å². The summed E-state index contributed by atoms with van der Waals surface area (Å²) in [6.45, 7) is 0. The van der Waals surface area contributed by atoms with Crippen LogP contribution in [-0.2, 0) is 0 Å². The lowest BCUT2D eigenvalue weighted by Gasteiger charge is -2.14. The molecule has 4 rings (SSSR count). The Morgan fingerprint density at radius 1 is 0.857 bits per heavy atom. The summed E-state index contributed by atoms with van der Waals surface area (Å²) in [5, 5.41) is 4.33. The molecule has 0 spiro atoms. The van der Waals surface area contributed by atoms with Gasteiger partial charge in [0, 0.05) is 17.5 Å². The van der Waals surface area contributed by atoms with Crippen molar-refractivity contribution in [3.63, 3.8) is 0 Å². The van der Waals surface area contributed by atoms with Crippen molar-refractivity contribution in [3.8, 4) is 22.9 Å². The number of hydrogen-bond acceptors (Lipinski definition) is 6. The Bertz CT molecular complexity index is 1100. The molecule has 0 saturated heterocycles. The molecule has 4 aromatic rings. The Labute approximate surface area is 162 Å². The molecule has 0 amide bonds. The average molecular weight is 376 g/mol. The third-order valence-electron chi connectivity index (χ3n) is 4.38. The van der Waals surface area contributed by atoms with E-state index in [9.17, 15) is 0 Å². The van der Waals surface area contributed by atoms with Crippen LogP contribution in [0.1, 0.15) is 0 Å². The van der Waals surface area contributed by atoms with Gasteiger partial charge in [-0.25, -0.2) is 9.97 Å². The third-order valence-corrected chi connectivity index (χ3v) is 4.38. The fraction of sp³-hybridized carbons (Fsp3) is 0.143. The van der Waals surface area contributed by atoms with E-state index in [0.717, 1.165) is 22.4 Å². The zero-order chi connectivity index (χ0) is 19.5. The molecule has 0 aliphatic heterocycles. The highest BCUT2D eigenvalue weighted by molar-refractivity contribution is 5.80. The molecule has 0 saturated carbocycles. The zero-order valence-corrected chi connectivity index (χ0v) is 15.8. The Morgan fingerprint density at radius 3 is 2.32 bits per heavy atom. The van der Waals surface area contributed by atoms with E-state index in [4.69, 9.17) is 14.2 Å². The lowest BCUT2D eigenvalue weighted by atomic mass is 10.2. The molecule has 142 valence electrons. The van der Waals surface area contributed by atoms with Crippen molar-refractivity contribution >= 4 is 22.5 Å². The molecule has 0 aliphatic rings. The molecule has 2 aromatic heterocycles. The lowest BCUT2D eigenvalue weighted by Crippen LogP contribution is -1.98. The van der Waals surface area contributed by atoms with Gasteiger partial charge in [0.25, 0.3) is 0 Å². The van der Waals surface area contributed by atoms with Crippen molar-refractivity contribution < 1.29 is 14.2 Å². The van der Waals surface area contributed by atoms with Crippen LogP contribution in [-0.4, -0.2) is 35.9 Å². The third kappa shape index (κ3) is 3.29. The summed E-state index contributed by atoms with van der Waals surface area (Å²) in [5.41, 5.74) is 1.76. The minimum atomic E-state index is 0.549. The number of imidazole rings is 1. The molecule has 0 aliphatic carbocycles. The number of anilines is 2. The maximum absolute atomic E-state index is 5.42. The van der Waals surface area contributed by atoms with E-state index in [0.29, 0.717) is 23.1 Å². The zero-order valence-electron chi connectivity index (χ0n) is 15.8. The minimum Gasteiger partial charge on any atom is -0.493 e. The van der Waals surface area contributed by atoms with Gasteiger partial charge < -0.3 is 24.1 Å². The van der Waals surface area contributed by atoms with E-state index in [1.54, 1.807) is 27.7 Å². The van der Waals surface area contributed by atoms with Gasteiger partial charge in [-0.1, -0.05) is 18.2 Å². The van der Waals surface area contributed by atoms with Crippen molar-refractivity contribution in [2.75, 3.05) is 26.6 Å². The van der Waals surface area contributed by atoms with Crippen molar-refractivity contribution in [2.45, 2.75) is 0 Å². The quantitative estimate of drug-likeness (QED) is 0.544. The van der Waals surface area contributed by atoms with E-state index < -0.39 is 0 Å². The molecule has 28 heavy (non-hydrogen) atoms. The van der Waals surface area contributed by atoms with E-state index in [1.165, 1.54) is 0 Å². The number of aromatic nitrogens is 3. The number of hydrogen-bond donors (Lipinski definition) is 1. The fourth-order valence-electron chi connectivity index (χ4n) is 3.01. The number of nitrogens with one attached hydrogen (secondary N) is 1. The summed E-state index contributed by atoms with van der Waals surface area (Å²) in [5.74, 6) is 3.12. The largest absolute Gasteiger partial charge is 0.493 e. The van der Waals surface area contributed by atoms with Crippen molar-refractivity contribution in [1.82, 2.24) is 14.5 Å². The molecule has 2 aromatic carbocycles. The number of fused-ring (bicyclic) bond motifs is 1. The summed E-state index contributed by atoms with van der Waals surface area (Å²) in [6, 6.07) is 15.7. The molecule has 0 unspecified atom stereocenters. The Kier molecular flexibility index (Phi) is 4.72. The van der Waals surface area contributed by atoms with E-state index in [1.807, 2.05) is 59.3 Å². The van der Waals surface area contributed by atoms with Crippen LogP contribution in [0.2, 0.25) is 0 Å². The Hall–Kier alpha value is -3.74. The highest BCUT2D eigenvalue weighted by Gasteiger charge is 2.14. The van der Waals surface area contributed by atoms with Crippen LogP contribution >= 0.6 is 0 Å². The molecule has 2 heterocycles. The number of ether oxygens (including phenoxy) is 3. The van der Waals surface area contributed by atoms with Gasteiger partial charge in [0.2, 0.25) is 5.75 Å². The first-order chi connectivity index (χ1) is 13.7. The smallest absolute Gasteiger partial charge is 0.203 e. The molecule has 7 heteroatoms. The second kappa shape index (κ2) is 7.48. The van der Waals surface area contributed by atoms with Gasteiger partial charge in [-0.05, 0) is 18.2 Å². The molecule has 7 nitrogen and oxygen atoms in total. The number of para-hydroxylation sites is 1. The number of methoxy groups -OCH3 is 3. The van der Waals surface area contributed by atoms with Crippen LogP contribution < -0.4 is 19.5 Å². The topological polar surface area (TPSA) is 70.4 Å². The number of rotatable bonds is 6. The lowest BCUT2D eigenvalue weighted by molar-refractivity contribution is 0.324. The molecule has 0 atom stereocenters. The van der Waals surface area contributed by atoms with Gasteiger partial charge in [-0.3, -0.25) is 0 Å². The molecule has 0 radical (unpaired) electrons. The van der Waals surface area contributed by atoms with Gasteiger partial charge in [0.1, 0.15) is 18.0 Å². The van der Waals surface area contributed by atoms with E-state index in [-0.39, 0.29) is 0 Å². The van der Waals surface area contributed by atoms with E-state index >= 15 is 0 Å². The standard InChI is InChI=1S/C21H20N4O3/c1-26-17-10-15(11-18(27-2)21(17)28-3)25-12-20(22-13-25)24-19-9-8-14-6-4-5-7-16(14)23-19/h4-13H,1-3H3,(H,23,24). The van der Waals surface area contributed by atoms with E-state index in [2.05, 4.69) is 15.3 Å². The minimum absolute atomic E-state index is 0.549. The van der Waals surface area contributed by atoms with Crippen LogP contribution in [0.5, 0.6) is 17.2 Å². The Balaban J connectivity index is 1.63. The van der Waals surface area contributed by atoms with Gasteiger partial charge in [-0.2, -0.15) is 0 Å². The molecule has 1 N–H and O–H groups in total. The highest BCUT2D eigenvalue weighted by atomic mass is 16.5. The first kappa shape index (κ1) is 17.7. The summed E-state index contributed by atoms with van der Waals surface area (Å²) in [7, 11) is 4.76. The predicted octanol–water partition coefficient (Wildman–Crippen LogP) is 4.19. The first-order valence-corrected chi connectivity index (χ1v) is 8.69. The maximum atomic E-state index is 5.42. The summed E-state index contributed by atoms with van der Waals surface area (Å²) >= 11 is 0. The van der Waals surface area contributed by atoms with Crippen molar-refractivity contribution in [1.29, 1.82) is 0 Å². The van der Waals surface area contributed by atoms with Crippen molar-refractivity contribution in [2.24, 2.45) is 0 Å². The highest BCUT2D eigenvalue weighted by Crippen LogP contribution is 2.39. The van der Waals surface area contributed by atoms with Crippen molar-refractivity contribution in [3.05, 3.63) is 61.1 Å². The number of nitrogens with zero attached hydrogens (tertiary/aromatic N) is 3. The van der Waals surface area contributed by atoms with Crippen LogP contribution in [0.25, 0.3) is 16.6 Å². The molecular formula is C21H20N4O3. The van der Waals surface area contributed by atoms with Crippen LogP contribution in [0.3, 0.4) is 0 Å². The summed E-state index contributed by atoms with van der Waals surface area (Å²) < 4.78 is 18.1. The maximum Gasteiger partial charge on any atom is 0.203 e. The monoisotopic (exact) mass is 376 g/mol. The second-order valence-electron chi connectivity index (χ2n) is 6.06. The summed E-state index contributed by atoms with van der Waals surface area (Å²) in [4.78, 5) is 9.03. The average Bonchev–Trinajstić information content (AvgIpc) is 3.21. The number of pyridine rings is 1. The van der Waals surface area contributed by atoms with Crippen LogP contribution in [0, 0.1) is 0 Å². The second-order valence-corrected chi connectivity index (χ2v) is 6.06. The SMILES string of the molecule is COc1cc(-n2cnc(Nc3ccc4ccccc4n3)c2)cc(OC)c1OC. The van der Waals surface area contributed by atoms with Gasteiger partial charge in [0.15, 0.2) is 11.5 Å². The molecular weight excluding hydrogens is 356 g/mol. The number of benzene rings is 2.